The van der Waals surface area contributed by atoms with E-state index in [1.165, 1.54) is 4.90 Å². The number of carbonyl (C=O) groups is 2. The van der Waals surface area contributed by atoms with Gasteiger partial charge in [-0.05, 0) is 42.7 Å². The van der Waals surface area contributed by atoms with Crippen LogP contribution in [0.15, 0.2) is 53.1 Å². The molecule has 1 fully saturated rings. The van der Waals surface area contributed by atoms with Crippen LogP contribution in [0.25, 0.3) is 11.5 Å². The lowest BCUT2D eigenvalue weighted by molar-refractivity contribution is 0.0642. The average molecular weight is 388 g/mol. The molecule has 2 amide bonds. The van der Waals surface area contributed by atoms with Gasteiger partial charge in [-0.3, -0.25) is 14.5 Å². The lowest BCUT2D eigenvalue weighted by atomic mass is 9.98. The highest BCUT2D eigenvalue weighted by Gasteiger charge is 2.37. The molecule has 2 aromatic carbocycles. The monoisotopic (exact) mass is 388 g/mol. The molecule has 29 heavy (non-hydrogen) atoms. The fourth-order valence-electron chi connectivity index (χ4n) is 4.14. The van der Waals surface area contributed by atoms with Gasteiger partial charge in [-0.15, -0.1) is 0 Å². The maximum absolute atomic E-state index is 12.6. The molecule has 2 heterocycles. The van der Waals surface area contributed by atoms with Crippen LogP contribution in [0, 0.1) is 0 Å². The molecule has 0 unspecified atom stereocenters. The Kier molecular flexibility index (Phi) is 4.06. The van der Waals surface area contributed by atoms with Crippen LogP contribution in [0.5, 0.6) is 0 Å². The zero-order valence-electron chi connectivity index (χ0n) is 15.8. The SMILES string of the molecule is NC1(c2noc(-c3cccc(CN4C(=O)c5ccccc5C4=O)c3)n2)CCCC1. The minimum absolute atomic E-state index is 0.183. The smallest absolute Gasteiger partial charge is 0.261 e. The number of aromatic nitrogens is 2. The third-order valence-electron chi connectivity index (χ3n) is 5.76. The normalized spacial score (nSPS) is 17.8. The van der Waals surface area contributed by atoms with Crippen molar-refractivity contribution in [2.75, 3.05) is 0 Å². The van der Waals surface area contributed by atoms with Gasteiger partial charge in [0.2, 0.25) is 0 Å². The first-order chi connectivity index (χ1) is 14.0. The Morgan fingerprint density at radius 1 is 1.00 bits per heavy atom. The predicted molar refractivity (Wildman–Crippen MR) is 105 cm³/mol. The van der Waals surface area contributed by atoms with Gasteiger partial charge in [-0.2, -0.15) is 4.98 Å². The van der Waals surface area contributed by atoms with Crippen molar-refractivity contribution in [2.45, 2.75) is 37.8 Å². The topological polar surface area (TPSA) is 102 Å². The van der Waals surface area contributed by atoms with Crippen LogP contribution < -0.4 is 5.73 Å². The second kappa shape index (κ2) is 6.63. The number of fused-ring (bicyclic) bond motifs is 1. The predicted octanol–water partition coefficient (Wildman–Crippen LogP) is 3.26. The first kappa shape index (κ1) is 17.8. The molecule has 2 N–H and O–H groups in total. The summed E-state index contributed by atoms with van der Waals surface area (Å²) in [5.74, 6) is 0.376. The lowest BCUT2D eigenvalue weighted by Crippen LogP contribution is -2.34. The van der Waals surface area contributed by atoms with Crippen molar-refractivity contribution in [1.82, 2.24) is 15.0 Å². The first-order valence-electron chi connectivity index (χ1n) is 9.73. The van der Waals surface area contributed by atoms with Crippen molar-refractivity contribution >= 4 is 11.8 Å². The highest BCUT2D eigenvalue weighted by Crippen LogP contribution is 2.35. The number of hydrogen-bond acceptors (Lipinski definition) is 6. The van der Waals surface area contributed by atoms with Gasteiger partial charge in [-0.25, -0.2) is 0 Å². The van der Waals surface area contributed by atoms with Crippen molar-refractivity contribution in [3.8, 4) is 11.5 Å². The van der Waals surface area contributed by atoms with E-state index in [2.05, 4.69) is 10.1 Å². The van der Waals surface area contributed by atoms with Crippen molar-refractivity contribution in [2.24, 2.45) is 5.73 Å². The number of carbonyl (C=O) groups excluding carboxylic acids is 2. The van der Waals surface area contributed by atoms with Crippen LogP contribution in [-0.2, 0) is 12.1 Å². The number of amides is 2. The van der Waals surface area contributed by atoms with Gasteiger partial charge in [0.05, 0.1) is 23.2 Å². The maximum atomic E-state index is 12.6. The Morgan fingerprint density at radius 2 is 1.69 bits per heavy atom. The molecule has 7 nitrogen and oxygen atoms in total. The van der Waals surface area contributed by atoms with Crippen LogP contribution in [-0.4, -0.2) is 26.9 Å². The van der Waals surface area contributed by atoms with E-state index in [-0.39, 0.29) is 18.4 Å². The molecule has 5 rings (SSSR count). The van der Waals surface area contributed by atoms with Crippen LogP contribution in [0.3, 0.4) is 0 Å². The number of imide groups is 1. The number of nitrogens with two attached hydrogens (primary N) is 1. The summed E-state index contributed by atoms with van der Waals surface area (Å²) in [6, 6.07) is 14.3. The largest absolute Gasteiger partial charge is 0.334 e. The molecule has 0 spiro atoms. The minimum Gasteiger partial charge on any atom is -0.334 e. The summed E-state index contributed by atoms with van der Waals surface area (Å²) < 4.78 is 5.46. The minimum atomic E-state index is -0.514. The molecular weight excluding hydrogens is 368 g/mol. The number of nitrogens with zero attached hydrogens (tertiary/aromatic N) is 3. The molecule has 0 atom stereocenters. The second-order valence-corrected chi connectivity index (χ2v) is 7.73. The average Bonchev–Trinajstić information content (AvgIpc) is 3.46. The molecule has 3 aromatic rings. The van der Waals surface area contributed by atoms with Gasteiger partial charge in [0.25, 0.3) is 17.7 Å². The number of hydrogen-bond donors (Lipinski definition) is 1. The van der Waals surface area contributed by atoms with Gasteiger partial charge < -0.3 is 10.3 Å². The molecule has 0 radical (unpaired) electrons. The van der Waals surface area contributed by atoms with Gasteiger partial charge in [0.1, 0.15) is 0 Å². The Hall–Kier alpha value is -3.32. The quantitative estimate of drug-likeness (QED) is 0.688. The zero-order chi connectivity index (χ0) is 20.0. The lowest BCUT2D eigenvalue weighted by Gasteiger charge is -2.17. The van der Waals surface area contributed by atoms with E-state index in [0.717, 1.165) is 36.8 Å². The molecule has 7 heteroatoms. The van der Waals surface area contributed by atoms with E-state index in [9.17, 15) is 9.59 Å². The first-order valence-corrected chi connectivity index (χ1v) is 9.73. The van der Waals surface area contributed by atoms with Gasteiger partial charge in [0, 0.05) is 5.56 Å². The second-order valence-electron chi connectivity index (χ2n) is 7.73. The summed E-state index contributed by atoms with van der Waals surface area (Å²) >= 11 is 0. The summed E-state index contributed by atoms with van der Waals surface area (Å²) in [4.78, 5) is 31.0. The van der Waals surface area contributed by atoms with Gasteiger partial charge in [0.15, 0.2) is 5.82 Å². The van der Waals surface area contributed by atoms with E-state index in [0.29, 0.717) is 22.8 Å². The third-order valence-corrected chi connectivity index (χ3v) is 5.76. The van der Waals surface area contributed by atoms with E-state index < -0.39 is 5.54 Å². The van der Waals surface area contributed by atoms with Gasteiger partial charge >= 0.3 is 0 Å². The highest BCUT2D eigenvalue weighted by atomic mass is 16.5. The zero-order valence-corrected chi connectivity index (χ0v) is 15.8. The Morgan fingerprint density at radius 3 is 2.38 bits per heavy atom. The molecule has 1 saturated carbocycles. The summed E-state index contributed by atoms with van der Waals surface area (Å²) in [6.07, 6.45) is 3.84. The highest BCUT2D eigenvalue weighted by molar-refractivity contribution is 6.21. The third kappa shape index (κ3) is 2.94. The van der Waals surface area contributed by atoms with Crippen molar-refractivity contribution in [3.63, 3.8) is 0 Å². The van der Waals surface area contributed by atoms with Crippen LogP contribution in [0.4, 0.5) is 0 Å². The molecule has 0 bridgehead atoms. The van der Waals surface area contributed by atoms with Crippen molar-refractivity contribution < 1.29 is 14.1 Å². The van der Waals surface area contributed by atoms with E-state index in [4.69, 9.17) is 10.3 Å². The van der Waals surface area contributed by atoms with Gasteiger partial charge in [-0.1, -0.05) is 42.3 Å². The number of benzene rings is 2. The van der Waals surface area contributed by atoms with Crippen LogP contribution in [0.1, 0.15) is 57.8 Å². The summed E-state index contributed by atoms with van der Waals surface area (Å²) in [6.45, 7) is 0.183. The Balaban J connectivity index is 1.39. The standard InChI is InChI=1S/C22H20N4O3/c23-22(10-3-4-11-22)21-24-18(29-25-21)15-7-5-6-14(12-15)13-26-19(27)16-8-1-2-9-17(16)20(26)28/h1-2,5-9,12H,3-4,10-11,13,23H2. The molecule has 1 aliphatic carbocycles. The fraction of sp³-hybridized carbons (Fsp3) is 0.273. The molecule has 146 valence electrons. The van der Waals surface area contributed by atoms with E-state index in [1.54, 1.807) is 24.3 Å². The van der Waals surface area contributed by atoms with E-state index in [1.807, 2.05) is 24.3 Å². The molecule has 1 aliphatic heterocycles. The number of rotatable bonds is 4. The van der Waals surface area contributed by atoms with E-state index >= 15 is 0 Å². The molecular formula is C22H20N4O3. The maximum Gasteiger partial charge on any atom is 0.261 e. The summed E-state index contributed by atoms with van der Waals surface area (Å²) in [5.41, 5.74) is 8.33. The molecule has 1 aromatic heterocycles. The molecule has 2 aliphatic rings. The summed E-state index contributed by atoms with van der Waals surface area (Å²) in [5, 5.41) is 4.10. The Labute approximate surface area is 167 Å². The van der Waals surface area contributed by atoms with Crippen LogP contribution >= 0.6 is 0 Å². The summed E-state index contributed by atoms with van der Waals surface area (Å²) in [7, 11) is 0. The fourth-order valence-corrected chi connectivity index (χ4v) is 4.14. The Bertz CT molecular complexity index is 1080. The van der Waals surface area contributed by atoms with Crippen molar-refractivity contribution in [3.05, 3.63) is 71.0 Å². The van der Waals surface area contributed by atoms with Crippen molar-refractivity contribution in [1.29, 1.82) is 0 Å². The van der Waals surface area contributed by atoms with Crippen LogP contribution in [0.2, 0.25) is 0 Å². The molecule has 0 saturated heterocycles.